The minimum Gasteiger partial charge on any atom is -0.493 e. The SMILES string of the molecule is C[C@H](NC(=O)COC(=O)CCOc1ccc(C(C)(C)C)cc1)c1cccc(Cl)c1. The number of nitrogens with one attached hydrogen (secondary N) is 1. The topological polar surface area (TPSA) is 64.6 Å². The quantitative estimate of drug-likeness (QED) is 0.625. The lowest BCUT2D eigenvalue weighted by molar-refractivity contribution is -0.149. The Labute approximate surface area is 177 Å². The Balaban J connectivity index is 1.68. The lowest BCUT2D eigenvalue weighted by Gasteiger charge is -2.19. The predicted molar refractivity (Wildman–Crippen MR) is 114 cm³/mol. The van der Waals surface area contributed by atoms with Crippen LogP contribution in [0.4, 0.5) is 0 Å². The molecule has 0 radical (unpaired) electrons. The third-order valence-electron chi connectivity index (χ3n) is 4.39. The summed E-state index contributed by atoms with van der Waals surface area (Å²) in [7, 11) is 0. The Kier molecular flexibility index (Phi) is 8.09. The van der Waals surface area contributed by atoms with Crippen LogP contribution < -0.4 is 10.1 Å². The van der Waals surface area contributed by atoms with Crippen LogP contribution in [-0.2, 0) is 19.7 Å². The third kappa shape index (κ3) is 7.78. The minimum absolute atomic E-state index is 0.0676. The number of carbonyl (C=O) groups excluding carboxylic acids is 2. The molecule has 156 valence electrons. The number of esters is 1. The van der Waals surface area contributed by atoms with Crippen LogP contribution in [0.2, 0.25) is 5.02 Å². The van der Waals surface area contributed by atoms with Crippen molar-refractivity contribution >= 4 is 23.5 Å². The summed E-state index contributed by atoms with van der Waals surface area (Å²) in [6.45, 7) is 8.13. The molecule has 2 rings (SSSR count). The number of rotatable bonds is 8. The number of halogens is 1. The number of ether oxygens (including phenoxy) is 2. The van der Waals surface area contributed by atoms with Gasteiger partial charge in [0.25, 0.3) is 5.91 Å². The van der Waals surface area contributed by atoms with Gasteiger partial charge in [0.15, 0.2) is 6.61 Å². The third-order valence-corrected chi connectivity index (χ3v) is 4.62. The Morgan fingerprint density at radius 2 is 1.79 bits per heavy atom. The van der Waals surface area contributed by atoms with Crippen LogP contribution in [0.15, 0.2) is 48.5 Å². The van der Waals surface area contributed by atoms with Crippen molar-refractivity contribution in [3.8, 4) is 5.75 Å². The molecule has 0 saturated carbocycles. The Hall–Kier alpha value is -2.53. The summed E-state index contributed by atoms with van der Waals surface area (Å²) in [5.41, 5.74) is 2.16. The highest BCUT2D eigenvalue weighted by atomic mass is 35.5. The molecule has 0 unspecified atom stereocenters. The van der Waals surface area contributed by atoms with Crippen molar-refractivity contribution in [1.82, 2.24) is 5.32 Å². The maximum Gasteiger partial charge on any atom is 0.309 e. The molecule has 0 fully saturated rings. The van der Waals surface area contributed by atoms with Gasteiger partial charge >= 0.3 is 5.97 Å². The van der Waals surface area contributed by atoms with Crippen molar-refractivity contribution in [3.05, 3.63) is 64.7 Å². The normalized spacial score (nSPS) is 12.2. The molecule has 1 amide bonds. The second kappa shape index (κ2) is 10.3. The minimum atomic E-state index is -0.484. The van der Waals surface area contributed by atoms with Crippen molar-refractivity contribution in [3.63, 3.8) is 0 Å². The number of hydrogen-bond acceptors (Lipinski definition) is 4. The van der Waals surface area contributed by atoms with E-state index in [1.165, 1.54) is 5.56 Å². The first-order chi connectivity index (χ1) is 13.6. The Bertz CT molecular complexity index is 828. The zero-order chi connectivity index (χ0) is 21.4. The van der Waals surface area contributed by atoms with E-state index in [0.29, 0.717) is 10.8 Å². The molecule has 0 spiro atoms. The van der Waals surface area contributed by atoms with Crippen LogP contribution in [0.1, 0.15) is 51.3 Å². The summed E-state index contributed by atoms with van der Waals surface area (Å²) in [5, 5.41) is 3.37. The second-order valence-electron chi connectivity index (χ2n) is 7.88. The van der Waals surface area contributed by atoms with Crippen molar-refractivity contribution in [1.29, 1.82) is 0 Å². The zero-order valence-electron chi connectivity index (χ0n) is 17.3. The molecule has 5 nitrogen and oxygen atoms in total. The van der Waals surface area contributed by atoms with Gasteiger partial charge in [-0.05, 0) is 47.7 Å². The average Bonchev–Trinajstić information content (AvgIpc) is 2.66. The van der Waals surface area contributed by atoms with Gasteiger partial charge in [-0.15, -0.1) is 0 Å². The van der Waals surface area contributed by atoms with E-state index < -0.39 is 5.97 Å². The molecule has 29 heavy (non-hydrogen) atoms. The van der Waals surface area contributed by atoms with Crippen LogP contribution in [0, 0.1) is 0 Å². The fourth-order valence-corrected chi connectivity index (χ4v) is 2.86. The highest BCUT2D eigenvalue weighted by Gasteiger charge is 2.14. The molecule has 0 aliphatic rings. The molecular weight excluding hydrogens is 390 g/mol. The van der Waals surface area contributed by atoms with E-state index in [0.717, 1.165) is 5.56 Å². The molecule has 2 aromatic carbocycles. The number of benzene rings is 2. The van der Waals surface area contributed by atoms with Crippen LogP contribution in [0.25, 0.3) is 0 Å². The molecule has 0 saturated heterocycles. The Morgan fingerprint density at radius 3 is 2.41 bits per heavy atom. The molecule has 6 heteroatoms. The molecular formula is C23H28ClNO4. The van der Waals surface area contributed by atoms with Crippen molar-refractivity contribution in [2.24, 2.45) is 0 Å². The smallest absolute Gasteiger partial charge is 0.309 e. The summed E-state index contributed by atoms with van der Waals surface area (Å²) in [4.78, 5) is 23.8. The van der Waals surface area contributed by atoms with Crippen molar-refractivity contribution in [2.45, 2.75) is 45.6 Å². The van der Waals surface area contributed by atoms with Gasteiger partial charge in [-0.1, -0.05) is 56.6 Å². The molecule has 0 aromatic heterocycles. The van der Waals surface area contributed by atoms with E-state index in [4.69, 9.17) is 21.1 Å². The summed E-state index contributed by atoms with van der Waals surface area (Å²) < 4.78 is 10.6. The first-order valence-electron chi connectivity index (χ1n) is 9.59. The maximum absolute atomic E-state index is 12.0. The summed E-state index contributed by atoms with van der Waals surface area (Å²) in [6.07, 6.45) is 0.0676. The van der Waals surface area contributed by atoms with Gasteiger partial charge in [-0.3, -0.25) is 9.59 Å². The van der Waals surface area contributed by atoms with Crippen LogP contribution in [0.5, 0.6) is 5.75 Å². The average molecular weight is 418 g/mol. The van der Waals surface area contributed by atoms with Gasteiger partial charge in [0.05, 0.1) is 19.1 Å². The van der Waals surface area contributed by atoms with Crippen LogP contribution >= 0.6 is 11.6 Å². The second-order valence-corrected chi connectivity index (χ2v) is 8.31. The molecule has 1 atom stereocenters. The van der Waals surface area contributed by atoms with E-state index >= 15 is 0 Å². The van der Waals surface area contributed by atoms with Gasteiger partial charge in [-0.25, -0.2) is 0 Å². The summed E-state index contributed by atoms with van der Waals surface area (Å²) in [5.74, 6) is -0.162. The zero-order valence-corrected chi connectivity index (χ0v) is 18.1. The number of carbonyl (C=O) groups is 2. The van der Waals surface area contributed by atoms with Gasteiger partial charge in [-0.2, -0.15) is 0 Å². The summed E-state index contributed by atoms with van der Waals surface area (Å²) in [6, 6.07) is 14.8. The van der Waals surface area contributed by atoms with E-state index in [2.05, 4.69) is 26.1 Å². The highest BCUT2D eigenvalue weighted by molar-refractivity contribution is 6.30. The highest BCUT2D eigenvalue weighted by Crippen LogP contribution is 2.24. The first-order valence-corrected chi connectivity index (χ1v) is 9.97. The molecule has 2 aromatic rings. The Morgan fingerprint density at radius 1 is 1.10 bits per heavy atom. The fourth-order valence-electron chi connectivity index (χ4n) is 2.66. The standard InChI is InChI=1S/C23H28ClNO4/c1-16(17-6-5-7-19(24)14-17)25-21(26)15-29-22(27)12-13-28-20-10-8-18(9-11-20)23(2,3)4/h5-11,14,16H,12-13,15H2,1-4H3,(H,25,26)/t16-/m0/s1. The molecule has 0 bridgehead atoms. The van der Waals surface area contributed by atoms with Gasteiger partial charge in [0, 0.05) is 5.02 Å². The van der Waals surface area contributed by atoms with Crippen molar-refractivity contribution in [2.75, 3.05) is 13.2 Å². The fraction of sp³-hybridized carbons (Fsp3) is 0.391. The van der Waals surface area contributed by atoms with E-state index in [1.54, 1.807) is 12.1 Å². The van der Waals surface area contributed by atoms with Crippen LogP contribution in [-0.4, -0.2) is 25.1 Å². The van der Waals surface area contributed by atoms with Crippen molar-refractivity contribution < 1.29 is 19.1 Å². The lowest BCUT2D eigenvalue weighted by Crippen LogP contribution is -2.31. The summed E-state index contributed by atoms with van der Waals surface area (Å²) >= 11 is 5.95. The molecule has 0 heterocycles. The van der Waals surface area contributed by atoms with Gasteiger partial charge in [0.2, 0.25) is 0 Å². The van der Waals surface area contributed by atoms with E-state index in [1.807, 2.05) is 43.3 Å². The molecule has 0 aliphatic heterocycles. The van der Waals surface area contributed by atoms with Gasteiger partial charge in [0.1, 0.15) is 5.75 Å². The number of hydrogen-bond donors (Lipinski definition) is 1. The van der Waals surface area contributed by atoms with Crippen LogP contribution in [0.3, 0.4) is 0 Å². The predicted octanol–water partition coefficient (Wildman–Crippen LogP) is 4.83. The monoisotopic (exact) mass is 417 g/mol. The lowest BCUT2D eigenvalue weighted by atomic mass is 9.87. The molecule has 0 aliphatic carbocycles. The number of amides is 1. The largest absolute Gasteiger partial charge is 0.493 e. The maximum atomic E-state index is 12.0. The molecule has 1 N–H and O–H groups in total. The first kappa shape index (κ1) is 22.8. The van der Waals surface area contributed by atoms with E-state index in [9.17, 15) is 9.59 Å². The van der Waals surface area contributed by atoms with Gasteiger partial charge < -0.3 is 14.8 Å². The van der Waals surface area contributed by atoms with E-state index in [-0.39, 0.29) is 37.0 Å².